The van der Waals surface area contributed by atoms with E-state index in [2.05, 4.69) is 5.32 Å². The van der Waals surface area contributed by atoms with Crippen LogP contribution >= 0.6 is 11.6 Å². The molecular formula is C14H12ClNO3. The molecule has 0 saturated carbocycles. The van der Waals surface area contributed by atoms with E-state index in [9.17, 15) is 9.90 Å². The van der Waals surface area contributed by atoms with Crippen LogP contribution in [0.25, 0.3) is 0 Å². The SMILES string of the molecule is Cc1cc(OC(=O)Nc2cccc(Cl)c2)ccc1O. The highest BCUT2D eigenvalue weighted by atomic mass is 35.5. The largest absolute Gasteiger partial charge is 0.508 e. The second-order valence-corrected chi connectivity index (χ2v) is 4.41. The van der Waals surface area contributed by atoms with Crippen LogP contribution in [-0.4, -0.2) is 11.2 Å². The van der Waals surface area contributed by atoms with Gasteiger partial charge in [0.1, 0.15) is 11.5 Å². The van der Waals surface area contributed by atoms with Crippen molar-refractivity contribution in [3.8, 4) is 11.5 Å². The third-order valence-electron chi connectivity index (χ3n) is 2.45. The van der Waals surface area contributed by atoms with Crippen LogP contribution in [0.1, 0.15) is 5.56 Å². The van der Waals surface area contributed by atoms with Gasteiger partial charge < -0.3 is 9.84 Å². The summed E-state index contributed by atoms with van der Waals surface area (Å²) in [4.78, 5) is 11.7. The summed E-state index contributed by atoms with van der Waals surface area (Å²) in [5, 5.41) is 12.5. The number of amides is 1. The molecule has 0 saturated heterocycles. The van der Waals surface area contributed by atoms with Crippen LogP contribution in [0.4, 0.5) is 10.5 Å². The first-order chi connectivity index (χ1) is 9.04. The fraction of sp³-hybridized carbons (Fsp3) is 0.0714. The fourth-order valence-corrected chi connectivity index (χ4v) is 1.70. The molecule has 1 amide bonds. The average molecular weight is 278 g/mol. The van der Waals surface area contributed by atoms with E-state index in [0.717, 1.165) is 0 Å². The molecule has 98 valence electrons. The van der Waals surface area contributed by atoms with Gasteiger partial charge in [0.2, 0.25) is 0 Å². The number of hydrogen-bond donors (Lipinski definition) is 2. The van der Waals surface area contributed by atoms with Crippen LogP contribution in [0.2, 0.25) is 5.02 Å². The molecule has 0 spiro atoms. The van der Waals surface area contributed by atoms with Gasteiger partial charge in [-0.1, -0.05) is 17.7 Å². The molecule has 4 nitrogen and oxygen atoms in total. The van der Waals surface area contributed by atoms with Crippen molar-refractivity contribution in [2.45, 2.75) is 6.92 Å². The number of carbonyl (C=O) groups excluding carboxylic acids is 1. The standard InChI is InChI=1S/C14H12ClNO3/c1-9-7-12(5-6-13(9)17)19-14(18)16-11-4-2-3-10(15)8-11/h2-8,17H,1H3,(H,16,18). The number of nitrogens with one attached hydrogen (secondary N) is 1. The summed E-state index contributed by atoms with van der Waals surface area (Å²) in [5.41, 5.74) is 1.18. The Hall–Kier alpha value is -2.20. The summed E-state index contributed by atoms with van der Waals surface area (Å²) in [5.74, 6) is 0.512. The molecule has 0 radical (unpaired) electrons. The molecule has 2 N–H and O–H groups in total. The molecule has 0 aliphatic rings. The number of aryl methyl sites for hydroxylation is 1. The maximum atomic E-state index is 11.7. The highest BCUT2D eigenvalue weighted by Crippen LogP contribution is 2.22. The zero-order valence-electron chi connectivity index (χ0n) is 10.2. The second kappa shape index (κ2) is 5.63. The highest BCUT2D eigenvalue weighted by molar-refractivity contribution is 6.30. The van der Waals surface area contributed by atoms with Gasteiger partial charge in [-0.2, -0.15) is 0 Å². The Labute approximate surface area is 115 Å². The molecule has 0 unspecified atom stereocenters. The van der Waals surface area contributed by atoms with E-state index >= 15 is 0 Å². The number of carbonyl (C=O) groups is 1. The molecule has 5 heteroatoms. The van der Waals surface area contributed by atoms with Crippen molar-refractivity contribution in [2.24, 2.45) is 0 Å². The summed E-state index contributed by atoms with van der Waals surface area (Å²) in [6, 6.07) is 11.3. The Balaban J connectivity index is 2.03. The Bertz CT molecular complexity index is 613. The van der Waals surface area contributed by atoms with Gasteiger partial charge in [0.05, 0.1) is 0 Å². The second-order valence-electron chi connectivity index (χ2n) is 3.97. The van der Waals surface area contributed by atoms with E-state index in [-0.39, 0.29) is 5.75 Å². The van der Waals surface area contributed by atoms with Crippen LogP contribution in [0.15, 0.2) is 42.5 Å². The average Bonchev–Trinajstić information content (AvgIpc) is 2.34. The van der Waals surface area contributed by atoms with Crippen molar-refractivity contribution in [3.63, 3.8) is 0 Å². The van der Waals surface area contributed by atoms with Gasteiger partial charge in [0.25, 0.3) is 0 Å². The molecular weight excluding hydrogens is 266 g/mol. The Kier molecular flexibility index (Phi) is 3.92. The van der Waals surface area contributed by atoms with Crippen molar-refractivity contribution in [1.82, 2.24) is 0 Å². The fourth-order valence-electron chi connectivity index (χ4n) is 1.51. The molecule has 0 heterocycles. The first-order valence-electron chi connectivity index (χ1n) is 5.58. The lowest BCUT2D eigenvalue weighted by molar-refractivity contribution is 0.215. The summed E-state index contributed by atoms with van der Waals surface area (Å²) in [6.45, 7) is 1.72. The number of hydrogen-bond acceptors (Lipinski definition) is 3. The van der Waals surface area contributed by atoms with E-state index in [0.29, 0.717) is 22.0 Å². The molecule has 2 rings (SSSR count). The predicted molar refractivity (Wildman–Crippen MR) is 73.9 cm³/mol. The molecule has 0 aliphatic carbocycles. The Morgan fingerprint density at radius 3 is 2.74 bits per heavy atom. The van der Waals surface area contributed by atoms with E-state index in [1.807, 2.05) is 0 Å². The summed E-state index contributed by atoms with van der Waals surface area (Å²) in [7, 11) is 0. The third-order valence-corrected chi connectivity index (χ3v) is 2.68. The zero-order valence-corrected chi connectivity index (χ0v) is 10.9. The number of halogens is 1. The Morgan fingerprint density at radius 2 is 2.05 bits per heavy atom. The number of anilines is 1. The molecule has 0 aromatic heterocycles. The lowest BCUT2D eigenvalue weighted by atomic mass is 10.2. The molecule has 2 aromatic rings. The van der Waals surface area contributed by atoms with Gasteiger partial charge in [0.15, 0.2) is 0 Å². The third kappa shape index (κ3) is 3.63. The van der Waals surface area contributed by atoms with Crippen LogP contribution in [0.5, 0.6) is 11.5 Å². The molecule has 2 aromatic carbocycles. The molecule has 0 aliphatic heterocycles. The smallest absolute Gasteiger partial charge is 0.417 e. The summed E-state index contributed by atoms with van der Waals surface area (Å²) in [6.07, 6.45) is -0.618. The number of ether oxygens (including phenoxy) is 1. The number of phenolic OH excluding ortho intramolecular Hbond substituents is 1. The minimum absolute atomic E-state index is 0.155. The summed E-state index contributed by atoms with van der Waals surface area (Å²) < 4.78 is 5.09. The van der Waals surface area contributed by atoms with Gasteiger partial charge >= 0.3 is 6.09 Å². The van der Waals surface area contributed by atoms with Gasteiger partial charge in [0, 0.05) is 10.7 Å². The molecule has 0 atom stereocenters. The van der Waals surface area contributed by atoms with Crippen LogP contribution in [-0.2, 0) is 0 Å². The van der Waals surface area contributed by atoms with E-state index in [1.54, 1.807) is 37.3 Å². The van der Waals surface area contributed by atoms with Gasteiger partial charge in [-0.25, -0.2) is 4.79 Å². The highest BCUT2D eigenvalue weighted by Gasteiger charge is 2.06. The Morgan fingerprint density at radius 1 is 1.26 bits per heavy atom. The van der Waals surface area contributed by atoms with Crippen LogP contribution in [0, 0.1) is 6.92 Å². The monoisotopic (exact) mass is 277 g/mol. The molecule has 0 fully saturated rings. The number of benzene rings is 2. The normalized spacial score (nSPS) is 10.0. The minimum Gasteiger partial charge on any atom is -0.508 e. The quantitative estimate of drug-likeness (QED) is 0.873. The predicted octanol–water partition coefficient (Wildman–Crippen LogP) is 3.96. The maximum absolute atomic E-state index is 11.7. The lowest BCUT2D eigenvalue weighted by Crippen LogP contribution is -2.16. The number of aromatic hydroxyl groups is 1. The lowest BCUT2D eigenvalue weighted by Gasteiger charge is -2.08. The van der Waals surface area contributed by atoms with Crippen LogP contribution < -0.4 is 10.1 Å². The van der Waals surface area contributed by atoms with Crippen molar-refractivity contribution in [3.05, 3.63) is 53.1 Å². The number of rotatable bonds is 2. The zero-order chi connectivity index (χ0) is 13.8. The maximum Gasteiger partial charge on any atom is 0.417 e. The van der Waals surface area contributed by atoms with Crippen LogP contribution in [0.3, 0.4) is 0 Å². The van der Waals surface area contributed by atoms with Crippen molar-refractivity contribution in [1.29, 1.82) is 0 Å². The van der Waals surface area contributed by atoms with E-state index < -0.39 is 6.09 Å². The molecule has 0 bridgehead atoms. The topological polar surface area (TPSA) is 58.6 Å². The van der Waals surface area contributed by atoms with E-state index in [1.165, 1.54) is 12.1 Å². The minimum atomic E-state index is -0.618. The van der Waals surface area contributed by atoms with Crippen molar-refractivity contribution >= 4 is 23.4 Å². The van der Waals surface area contributed by atoms with Crippen molar-refractivity contribution in [2.75, 3.05) is 5.32 Å². The van der Waals surface area contributed by atoms with E-state index in [4.69, 9.17) is 16.3 Å². The molecule has 19 heavy (non-hydrogen) atoms. The number of phenols is 1. The van der Waals surface area contributed by atoms with Gasteiger partial charge in [-0.05, 0) is 48.9 Å². The summed E-state index contributed by atoms with van der Waals surface area (Å²) >= 11 is 5.81. The van der Waals surface area contributed by atoms with Gasteiger partial charge in [-0.3, -0.25) is 5.32 Å². The van der Waals surface area contributed by atoms with Gasteiger partial charge in [-0.15, -0.1) is 0 Å². The van der Waals surface area contributed by atoms with Crippen molar-refractivity contribution < 1.29 is 14.6 Å². The first kappa shape index (κ1) is 13.2. The first-order valence-corrected chi connectivity index (χ1v) is 5.96.